The molecule has 6 heteroatoms. The number of nitrogens with two attached hydrogens (primary N) is 1. The van der Waals surface area contributed by atoms with Gasteiger partial charge in [0.05, 0.1) is 17.9 Å². The van der Waals surface area contributed by atoms with Crippen molar-refractivity contribution in [3.05, 3.63) is 47.6 Å². The van der Waals surface area contributed by atoms with E-state index in [0.717, 1.165) is 50.6 Å². The Morgan fingerprint density at radius 3 is 2.77 bits per heavy atom. The maximum Gasteiger partial charge on any atom is 0.231 e. The molecule has 2 aliphatic rings. The molecule has 1 amide bonds. The van der Waals surface area contributed by atoms with Gasteiger partial charge in [0.15, 0.2) is 5.82 Å². The number of piperidine rings is 1. The molecule has 1 aromatic heterocycles. The summed E-state index contributed by atoms with van der Waals surface area (Å²) in [6.07, 6.45) is 6.42. The molecule has 2 fully saturated rings. The van der Waals surface area contributed by atoms with E-state index in [2.05, 4.69) is 10.1 Å². The molecule has 0 radical (unpaired) electrons. The molecule has 0 bridgehead atoms. The van der Waals surface area contributed by atoms with Gasteiger partial charge in [0.1, 0.15) is 0 Å². The maximum atomic E-state index is 12.6. The number of aromatic nitrogens is 2. The Bertz CT molecular complexity index is 752. The van der Waals surface area contributed by atoms with Crippen LogP contribution in [0.2, 0.25) is 0 Å². The van der Waals surface area contributed by atoms with Crippen LogP contribution in [0.5, 0.6) is 0 Å². The number of hydrogen-bond acceptors (Lipinski definition) is 5. The summed E-state index contributed by atoms with van der Waals surface area (Å²) in [6.45, 7) is 1.44. The van der Waals surface area contributed by atoms with E-state index in [1.807, 2.05) is 35.2 Å². The van der Waals surface area contributed by atoms with Gasteiger partial charge >= 0.3 is 0 Å². The Kier molecular flexibility index (Phi) is 4.76. The molecule has 1 saturated carbocycles. The highest BCUT2D eigenvalue weighted by molar-refractivity contribution is 5.78. The second kappa shape index (κ2) is 7.19. The molecule has 1 aliphatic carbocycles. The van der Waals surface area contributed by atoms with Crippen molar-refractivity contribution >= 4 is 5.91 Å². The first kappa shape index (κ1) is 17.2. The zero-order valence-electron chi connectivity index (χ0n) is 15.1. The minimum atomic E-state index is -0.431. The first-order chi connectivity index (χ1) is 12.6. The van der Waals surface area contributed by atoms with Crippen LogP contribution in [0.1, 0.15) is 61.7 Å². The molecule has 1 aromatic carbocycles. The number of carbonyl (C=O) groups excluding carboxylic acids is 1. The van der Waals surface area contributed by atoms with Crippen LogP contribution in [0.4, 0.5) is 0 Å². The van der Waals surface area contributed by atoms with Crippen molar-refractivity contribution in [3.8, 4) is 0 Å². The number of nitrogens with zero attached hydrogens (tertiary/aromatic N) is 3. The van der Waals surface area contributed by atoms with Crippen molar-refractivity contribution in [2.75, 3.05) is 13.1 Å². The van der Waals surface area contributed by atoms with Crippen molar-refractivity contribution in [2.45, 2.75) is 56.4 Å². The molecular formula is C20H26N4O2. The number of hydrogen-bond donors (Lipinski definition) is 1. The van der Waals surface area contributed by atoms with Crippen LogP contribution in [-0.4, -0.2) is 34.0 Å². The van der Waals surface area contributed by atoms with Gasteiger partial charge in [-0.1, -0.05) is 48.3 Å². The highest BCUT2D eigenvalue weighted by atomic mass is 16.5. The van der Waals surface area contributed by atoms with Crippen LogP contribution in [0.3, 0.4) is 0 Å². The molecule has 138 valence electrons. The van der Waals surface area contributed by atoms with Gasteiger partial charge in [-0.15, -0.1) is 0 Å². The predicted octanol–water partition coefficient (Wildman–Crippen LogP) is 2.75. The Balaban J connectivity index is 1.42. The zero-order chi connectivity index (χ0) is 18.0. The highest BCUT2D eigenvalue weighted by Crippen LogP contribution is 2.36. The van der Waals surface area contributed by atoms with E-state index in [4.69, 9.17) is 10.3 Å². The average Bonchev–Trinajstić information content (AvgIpc) is 3.33. The van der Waals surface area contributed by atoms with Crippen molar-refractivity contribution in [1.29, 1.82) is 0 Å². The average molecular weight is 354 g/mol. The van der Waals surface area contributed by atoms with E-state index in [1.54, 1.807) is 0 Å². The molecule has 4 rings (SSSR count). The van der Waals surface area contributed by atoms with E-state index >= 15 is 0 Å². The summed E-state index contributed by atoms with van der Waals surface area (Å²) in [7, 11) is 0. The Morgan fingerprint density at radius 2 is 2.00 bits per heavy atom. The van der Waals surface area contributed by atoms with Gasteiger partial charge in [0.2, 0.25) is 11.8 Å². The van der Waals surface area contributed by atoms with E-state index in [-0.39, 0.29) is 11.8 Å². The largest absolute Gasteiger partial charge is 0.342 e. The summed E-state index contributed by atoms with van der Waals surface area (Å²) in [4.78, 5) is 19.2. The van der Waals surface area contributed by atoms with Crippen LogP contribution < -0.4 is 5.73 Å². The third kappa shape index (κ3) is 3.51. The second-order valence-electron chi connectivity index (χ2n) is 7.66. The fraction of sp³-hybridized carbons (Fsp3) is 0.550. The molecule has 2 aromatic rings. The SMILES string of the molecule is NC1(c2noc(C3CCCN(C(=O)Cc4ccccc4)C3)n2)CCCC1. The summed E-state index contributed by atoms with van der Waals surface area (Å²) < 4.78 is 5.55. The van der Waals surface area contributed by atoms with E-state index in [0.29, 0.717) is 24.7 Å². The molecule has 0 spiro atoms. The fourth-order valence-corrected chi connectivity index (χ4v) is 4.12. The lowest BCUT2D eigenvalue weighted by atomic mass is 9.96. The number of carbonyl (C=O) groups is 1. The molecule has 2 N–H and O–H groups in total. The zero-order valence-corrected chi connectivity index (χ0v) is 15.1. The van der Waals surface area contributed by atoms with Crippen LogP contribution in [-0.2, 0) is 16.8 Å². The van der Waals surface area contributed by atoms with Gasteiger partial charge in [0, 0.05) is 13.1 Å². The van der Waals surface area contributed by atoms with Crippen LogP contribution >= 0.6 is 0 Å². The molecule has 6 nitrogen and oxygen atoms in total. The monoisotopic (exact) mass is 354 g/mol. The number of benzene rings is 1. The maximum absolute atomic E-state index is 12.6. The van der Waals surface area contributed by atoms with Crippen molar-refractivity contribution in [3.63, 3.8) is 0 Å². The third-order valence-electron chi connectivity index (χ3n) is 5.70. The molecule has 1 aliphatic heterocycles. The minimum Gasteiger partial charge on any atom is -0.342 e. The van der Waals surface area contributed by atoms with Gasteiger partial charge in [-0.05, 0) is 31.2 Å². The summed E-state index contributed by atoms with van der Waals surface area (Å²) in [5, 5.41) is 4.17. The second-order valence-corrected chi connectivity index (χ2v) is 7.66. The van der Waals surface area contributed by atoms with Gasteiger partial charge in [-0.3, -0.25) is 4.79 Å². The minimum absolute atomic E-state index is 0.106. The van der Waals surface area contributed by atoms with Gasteiger partial charge in [-0.25, -0.2) is 0 Å². The summed E-state index contributed by atoms with van der Waals surface area (Å²) in [6, 6.07) is 9.88. The number of amides is 1. The number of rotatable bonds is 4. The van der Waals surface area contributed by atoms with E-state index < -0.39 is 5.54 Å². The van der Waals surface area contributed by atoms with Crippen LogP contribution in [0, 0.1) is 0 Å². The van der Waals surface area contributed by atoms with E-state index in [1.165, 1.54) is 0 Å². The Hall–Kier alpha value is -2.21. The fourth-order valence-electron chi connectivity index (χ4n) is 4.12. The first-order valence-electron chi connectivity index (χ1n) is 9.59. The molecule has 1 saturated heterocycles. The van der Waals surface area contributed by atoms with Crippen molar-refractivity contribution < 1.29 is 9.32 Å². The van der Waals surface area contributed by atoms with Crippen LogP contribution in [0.25, 0.3) is 0 Å². The summed E-state index contributed by atoms with van der Waals surface area (Å²) in [5.74, 6) is 1.54. The van der Waals surface area contributed by atoms with Gasteiger partial charge in [0.25, 0.3) is 0 Å². The van der Waals surface area contributed by atoms with Crippen molar-refractivity contribution in [1.82, 2.24) is 15.0 Å². The summed E-state index contributed by atoms with van der Waals surface area (Å²) in [5.41, 5.74) is 7.05. The standard InChI is InChI=1S/C20H26N4O2/c21-20(10-4-5-11-20)19-22-18(26-23-19)16-9-6-12-24(14-16)17(25)13-15-7-2-1-3-8-15/h1-3,7-8,16H,4-6,9-14,21H2. The quantitative estimate of drug-likeness (QED) is 0.912. The molecule has 1 unspecified atom stereocenters. The third-order valence-corrected chi connectivity index (χ3v) is 5.70. The molecular weight excluding hydrogens is 328 g/mol. The number of likely N-dealkylation sites (tertiary alicyclic amines) is 1. The lowest BCUT2D eigenvalue weighted by Gasteiger charge is -2.31. The van der Waals surface area contributed by atoms with Crippen LogP contribution in [0.15, 0.2) is 34.9 Å². The van der Waals surface area contributed by atoms with E-state index in [9.17, 15) is 4.79 Å². The lowest BCUT2D eigenvalue weighted by molar-refractivity contribution is -0.131. The van der Waals surface area contributed by atoms with Gasteiger partial charge in [-0.2, -0.15) is 4.98 Å². The Labute approximate surface area is 153 Å². The normalized spacial score (nSPS) is 22.5. The molecule has 2 heterocycles. The summed E-state index contributed by atoms with van der Waals surface area (Å²) >= 11 is 0. The highest BCUT2D eigenvalue weighted by Gasteiger charge is 2.37. The smallest absolute Gasteiger partial charge is 0.231 e. The predicted molar refractivity (Wildman–Crippen MR) is 97.3 cm³/mol. The lowest BCUT2D eigenvalue weighted by Crippen LogP contribution is -2.40. The molecule has 1 atom stereocenters. The van der Waals surface area contributed by atoms with Crippen molar-refractivity contribution in [2.24, 2.45) is 5.73 Å². The topological polar surface area (TPSA) is 85.2 Å². The van der Waals surface area contributed by atoms with Gasteiger partial charge < -0.3 is 15.2 Å². The molecule has 26 heavy (non-hydrogen) atoms. The Morgan fingerprint density at radius 1 is 1.23 bits per heavy atom. The first-order valence-corrected chi connectivity index (χ1v) is 9.59.